The Hall–Kier alpha value is -3.40. The first kappa shape index (κ1) is 20.3. The Morgan fingerprint density at radius 1 is 1.21 bits per heavy atom. The molecule has 29 heavy (non-hydrogen) atoms. The molecule has 3 rings (SSSR count). The van der Waals surface area contributed by atoms with Crippen LogP contribution < -0.4 is 9.04 Å². The molecule has 0 radical (unpaired) electrons. The van der Waals surface area contributed by atoms with Crippen molar-refractivity contribution in [3.63, 3.8) is 0 Å². The Bertz CT molecular complexity index is 1200. The number of methoxy groups -OCH3 is 1. The Morgan fingerprint density at radius 3 is 2.62 bits per heavy atom. The van der Waals surface area contributed by atoms with Crippen molar-refractivity contribution in [3.05, 3.63) is 48.5 Å². The van der Waals surface area contributed by atoms with E-state index in [1.165, 1.54) is 17.7 Å². The first-order valence-electron chi connectivity index (χ1n) is 8.55. The highest BCUT2D eigenvalue weighted by atomic mass is 32.2. The Kier molecular flexibility index (Phi) is 5.55. The molecule has 1 heterocycles. The van der Waals surface area contributed by atoms with Crippen molar-refractivity contribution in [2.24, 2.45) is 17.3 Å². The van der Waals surface area contributed by atoms with Crippen LogP contribution in [-0.2, 0) is 21.9 Å². The number of hydrogen-bond acceptors (Lipinski definition) is 6. The lowest BCUT2D eigenvalue weighted by molar-refractivity contribution is -0.116. The van der Waals surface area contributed by atoms with Crippen LogP contribution in [0.1, 0.15) is 0 Å². The first-order valence-corrected chi connectivity index (χ1v) is 10.4. The molecule has 0 aliphatic heterocycles. The lowest BCUT2D eigenvalue weighted by atomic mass is 10.2. The number of aromatic nitrogens is 1. The summed E-state index contributed by atoms with van der Waals surface area (Å²) in [5.74, 6) is -0.480. The number of hydrogen-bond donors (Lipinski definition) is 1. The SMILES string of the molecule is COc1cccc(N(CC(=O)N=Nc2c(O)n(C)c3ccccc23)S(C)(=O)=O)c1. The average Bonchev–Trinajstić information content (AvgIpc) is 2.94. The van der Waals surface area contributed by atoms with Gasteiger partial charge in [0, 0.05) is 18.5 Å². The van der Waals surface area contributed by atoms with Crippen LogP contribution in [0.3, 0.4) is 0 Å². The van der Waals surface area contributed by atoms with Gasteiger partial charge in [0.25, 0.3) is 5.91 Å². The Labute approximate surface area is 167 Å². The molecule has 1 amide bonds. The predicted octanol–water partition coefficient (Wildman–Crippen LogP) is 2.97. The van der Waals surface area contributed by atoms with Crippen molar-refractivity contribution in [1.29, 1.82) is 0 Å². The summed E-state index contributed by atoms with van der Waals surface area (Å²) in [5, 5.41) is 18.4. The molecule has 1 aromatic heterocycles. The molecule has 1 N–H and O–H groups in total. The molecule has 2 aromatic carbocycles. The van der Waals surface area contributed by atoms with Crippen LogP contribution in [0.5, 0.6) is 11.6 Å². The van der Waals surface area contributed by atoms with Crippen LogP contribution in [0.15, 0.2) is 58.8 Å². The van der Waals surface area contributed by atoms with Gasteiger partial charge in [0.05, 0.1) is 24.6 Å². The van der Waals surface area contributed by atoms with Gasteiger partial charge in [-0.1, -0.05) is 24.3 Å². The fourth-order valence-electron chi connectivity index (χ4n) is 2.88. The lowest BCUT2D eigenvalue weighted by Gasteiger charge is -2.20. The number of azo groups is 1. The Morgan fingerprint density at radius 2 is 1.93 bits per heavy atom. The largest absolute Gasteiger partial charge is 0.497 e. The van der Waals surface area contributed by atoms with E-state index in [1.807, 2.05) is 6.07 Å². The van der Waals surface area contributed by atoms with Crippen molar-refractivity contribution < 1.29 is 23.1 Å². The van der Waals surface area contributed by atoms with E-state index in [4.69, 9.17) is 4.74 Å². The fraction of sp³-hybridized carbons (Fsp3) is 0.211. The van der Waals surface area contributed by atoms with E-state index < -0.39 is 22.5 Å². The number of amides is 1. The molecule has 0 aliphatic carbocycles. The number of anilines is 1. The number of rotatable bonds is 6. The van der Waals surface area contributed by atoms with Crippen molar-refractivity contribution >= 4 is 38.2 Å². The summed E-state index contributed by atoms with van der Waals surface area (Å²) in [4.78, 5) is 12.4. The molecule has 3 aromatic rings. The minimum absolute atomic E-state index is 0.142. The van der Waals surface area contributed by atoms with Crippen LogP contribution >= 0.6 is 0 Å². The van der Waals surface area contributed by atoms with E-state index in [-0.39, 0.29) is 17.3 Å². The molecule has 0 spiro atoms. The molecule has 9 nitrogen and oxygen atoms in total. The predicted molar refractivity (Wildman–Crippen MR) is 109 cm³/mol. The highest BCUT2D eigenvalue weighted by molar-refractivity contribution is 7.92. The average molecular weight is 416 g/mol. The van der Waals surface area contributed by atoms with Gasteiger partial charge >= 0.3 is 0 Å². The molecule has 0 saturated carbocycles. The molecule has 10 heteroatoms. The summed E-state index contributed by atoms with van der Waals surface area (Å²) >= 11 is 0. The monoisotopic (exact) mass is 416 g/mol. The third kappa shape index (κ3) is 4.21. The maximum Gasteiger partial charge on any atom is 0.285 e. The lowest BCUT2D eigenvalue weighted by Crippen LogP contribution is -2.34. The van der Waals surface area contributed by atoms with Crippen LogP contribution in [0.4, 0.5) is 11.4 Å². The number of carbonyl (C=O) groups excluding carboxylic acids is 1. The molecule has 0 atom stereocenters. The van der Waals surface area contributed by atoms with Crippen LogP contribution in [-0.4, -0.2) is 43.9 Å². The van der Waals surface area contributed by atoms with Gasteiger partial charge in [-0.15, -0.1) is 10.2 Å². The highest BCUT2D eigenvalue weighted by Crippen LogP contribution is 2.37. The number of aryl methyl sites for hydroxylation is 1. The third-order valence-electron chi connectivity index (χ3n) is 4.33. The fourth-order valence-corrected chi connectivity index (χ4v) is 3.73. The second-order valence-electron chi connectivity index (χ2n) is 6.31. The summed E-state index contributed by atoms with van der Waals surface area (Å²) in [6.45, 7) is -0.541. The van der Waals surface area contributed by atoms with E-state index in [2.05, 4.69) is 10.2 Å². The first-order chi connectivity index (χ1) is 13.7. The molecule has 0 bridgehead atoms. The topological polar surface area (TPSA) is 114 Å². The maximum atomic E-state index is 12.4. The van der Waals surface area contributed by atoms with Gasteiger partial charge < -0.3 is 14.4 Å². The highest BCUT2D eigenvalue weighted by Gasteiger charge is 2.22. The van der Waals surface area contributed by atoms with E-state index in [0.717, 1.165) is 16.1 Å². The quantitative estimate of drug-likeness (QED) is 0.621. The number of nitrogens with zero attached hydrogens (tertiary/aromatic N) is 4. The molecule has 0 saturated heterocycles. The minimum atomic E-state index is -3.76. The zero-order chi connectivity index (χ0) is 21.2. The number of para-hydroxylation sites is 1. The van der Waals surface area contributed by atoms with Crippen LogP contribution in [0, 0.1) is 0 Å². The smallest absolute Gasteiger partial charge is 0.285 e. The summed E-state index contributed by atoms with van der Waals surface area (Å²) in [6.07, 6.45) is 0.993. The second-order valence-corrected chi connectivity index (χ2v) is 8.22. The minimum Gasteiger partial charge on any atom is -0.497 e. The van der Waals surface area contributed by atoms with Gasteiger partial charge in [-0.25, -0.2) is 8.42 Å². The summed E-state index contributed by atoms with van der Waals surface area (Å²) in [6, 6.07) is 13.5. The van der Waals surface area contributed by atoms with Gasteiger partial charge in [-0.05, 0) is 18.2 Å². The summed E-state index contributed by atoms with van der Waals surface area (Å²) in [5.41, 5.74) is 1.13. The van der Waals surface area contributed by atoms with Crippen molar-refractivity contribution in [2.45, 2.75) is 0 Å². The Balaban J connectivity index is 1.89. The summed E-state index contributed by atoms with van der Waals surface area (Å²) < 4.78 is 31.9. The second kappa shape index (κ2) is 7.92. The molecule has 0 aliphatic rings. The number of aromatic hydroxyl groups is 1. The molecule has 0 fully saturated rings. The number of sulfonamides is 1. The van der Waals surface area contributed by atoms with Gasteiger partial charge in [-0.3, -0.25) is 9.10 Å². The summed E-state index contributed by atoms with van der Waals surface area (Å²) in [7, 11) is -0.640. The normalized spacial score (nSPS) is 11.8. The maximum absolute atomic E-state index is 12.4. The van der Waals surface area contributed by atoms with Crippen LogP contribution in [0.25, 0.3) is 10.9 Å². The third-order valence-corrected chi connectivity index (χ3v) is 5.47. The van der Waals surface area contributed by atoms with Gasteiger partial charge in [0.15, 0.2) is 5.69 Å². The van der Waals surface area contributed by atoms with E-state index in [1.54, 1.807) is 43.4 Å². The number of carbonyl (C=O) groups is 1. The van der Waals surface area contributed by atoms with E-state index >= 15 is 0 Å². The van der Waals surface area contributed by atoms with Crippen molar-refractivity contribution in [2.75, 3.05) is 24.2 Å². The number of ether oxygens (including phenoxy) is 1. The van der Waals surface area contributed by atoms with Gasteiger partial charge in [0.2, 0.25) is 15.9 Å². The molecule has 0 unspecified atom stereocenters. The zero-order valence-electron chi connectivity index (χ0n) is 16.1. The molecular formula is C19H20N4O5S. The van der Waals surface area contributed by atoms with Crippen molar-refractivity contribution in [3.8, 4) is 11.6 Å². The number of benzene rings is 2. The van der Waals surface area contributed by atoms with Gasteiger partial charge in [-0.2, -0.15) is 0 Å². The van der Waals surface area contributed by atoms with Gasteiger partial charge in [0.1, 0.15) is 12.3 Å². The van der Waals surface area contributed by atoms with E-state index in [9.17, 15) is 18.3 Å². The van der Waals surface area contributed by atoms with E-state index in [0.29, 0.717) is 11.1 Å². The zero-order valence-corrected chi connectivity index (χ0v) is 16.9. The molecular weight excluding hydrogens is 396 g/mol. The van der Waals surface area contributed by atoms with Crippen LogP contribution in [0.2, 0.25) is 0 Å². The van der Waals surface area contributed by atoms with Crippen molar-refractivity contribution in [1.82, 2.24) is 4.57 Å². The standard InChI is InChI=1S/C19H20N4O5S/c1-22-16-10-5-4-9-15(16)18(19(22)25)21-20-17(24)12-23(29(3,26)27)13-7-6-8-14(11-13)28-2/h4-11,25H,12H2,1-3H3. The number of fused-ring (bicyclic) bond motifs is 1. The molecule has 152 valence electrons.